The van der Waals surface area contributed by atoms with E-state index in [0.717, 1.165) is 12.2 Å². The molecule has 3 heterocycles. The third-order valence-electron chi connectivity index (χ3n) is 3.17. The van der Waals surface area contributed by atoms with Crippen molar-refractivity contribution in [1.29, 1.82) is 0 Å². The van der Waals surface area contributed by atoms with Crippen LogP contribution in [0.1, 0.15) is 12.5 Å². The van der Waals surface area contributed by atoms with Gasteiger partial charge in [-0.2, -0.15) is 0 Å². The predicted octanol–water partition coefficient (Wildman–Crippen LogP) is 0.795. The molecule has 0 radical (unpaired) electrons. The van der Waals surface area contributed by atoms with Crippen molar-refractivity contribution in [2.24, 2.45) is 0 Å². The lowest BCUT2D eigenvalue weighted by Gasteiger charge is -1.96. The van der Waals surface area contributed by atoms with Crippen molar-refractivity contribution in [2.75, 3.05) is 0 Å². The summed E-state index contributed by atoms with van der Waals surface area (Å²) in [5, 5.41) is 0. The summed E-state index contributed by atoms with van der Waals surface area (Å²) in [5.41, 5.74) is 1.40. The van der Waals surface area contributed by atoms with E-state index in [9.17, 15) is 28.8 Å². The van der Waals surface area contributed by atoms with E-state index in [2.05, 4.69) is 14.2 Å². The fourth-order valence-corrected chi connectivity index (χ4v) is 1.91. The second-order valence-electron chi connectivity index (χ2n) is 5.24. The molecule has 0 aromatic heterocycles. The van der Waals surface area contributed by atoms with E-state index in [-0.39, 0.29) is 0 Å². The summed E-state index contributed by atoms with van der Waals surface area (Å²) in [7, 11) is 0. The van der Waals surface area contributed by atoms with Crippen LogP contribution in [0.15, 0.2) is 60.2 Å². The molecule has 142 valence electrons. The van der Waals surface area contributed by atoms with Crippen LogP contribution in [0.25, 0.3) is 5.57 Å². The lowest BCUT2D eigenvalue weighted by atomic mass is 10.1. The van der Waals surface area contributed by atoms with Gasteiger partial charge in [-0.05, 0) is 12.5 Å². The Morgan fingerprint density at radius 3 is 1.46 bits per heavy atom. The van der Waals surface area contributed by atoms with Gasteiger partial charge in [0.2, 0.25) is 0 Å². The summed E-state index contributed by atoms with van der Waals surface area (Å²) in [6.07, 6.45) is 4.55. The number of esters is 6. The maximum atomic E-state index is 11.1. The molecule has 0 bridgehead atoms. The molecule has 0 saturated carbocycles. The number of cyclic esters (lactones) is 6. The van der Waals surface area contributed by atoms with Crippen molar-refractivity contribution in [3.8, 4) is 0 Å². The first kappa shape index (κ1) is 20.2. The fraction of sp³-hybridized carbons (Fsp3) is 0.0526. The Kier molecular flexibility index (Phi) is 6.48. The second-order valence-corrected chi connectivity index (χ2v) is 5.24. The Morgan fingerprint density at radius 2 is 1.14 bits per heavy atom. The highest BCUT2D eigenvalue weighted by molar-refractivity contribution is 6.28. The maximum absolute atomic E-state index is 11.1. The van der Waals surface area contributed by atoms with Gasteiger partial charge in [-0.15, -0.1) is 0 Å². The molecule has 3 aliphatic rings. The summed E-state index contributed by atoms with van der Waals surface area (Å²) in [6.45, 7) is 1.53. The fourth-order valence-electron chi connectivity index (χ4n) is 1.91. The first-order valence-electron chi connectivity index (χ1n) is 7.68. The molecule has 9 nitrogen and oxygen atoms in total. The Bertz CT molecular complexity index is 933. The molecule has 9 heteroatoms. The molecule has 0 fully saturated rings. The van der Waals surface area contributed by atoms with Crippen LogP contribution in [-0.4, -0.2) is 35.8 Å². The lowest BCUT2D eigenvalue weighted by molar-refractivity contribution is -0.152. The molecule has 4 rings (SSSR count). The monoisotopic (exact) mass is 384 g/mol. The van der Waals surface area contributed by atoms with E-state index in [0.29, 0.717) is 16.7 Å². The average molecular weight is 384 g/mol. The van der Waals surface area contributed by atoms with Gasteiger partial charge < -0.3 is 14.2 Å². The standard InChI is InChI=1S/C10H6O3.C5H4O3.C4H2O3/c11-9-6-8(10(12)13-9)7-4-2-1-3-5-7;1-3-2-4(6)8-5(3)7;5-3-1-2-4(6)7-3/h1-6H;2H,1H3;1-2H. The largest absolute Gasteiger partial charge is 0.387 e. The van der Waals surface area contributed by atoms with E-state index in [4.69, 9.17) is 0 Å². The van der Waals surface area contributed by atoms with E-state index in [1.54, 1.807) is 24.3 Å². The van der Waals surface area contributed by atoms with Gasteiger partial charge in [-0.1, -0.05) is 30.3 Å². The molecule has 0 unspecified atom stereocenters. The van der Waals surface area contributed by atoms with Crippen LogP contribution < -0.4 is 0 Å². The minimum absolute atomic E-state index is 0.325. The van der Waals surface area contributed by atoms with Crippen LogP contribution in [0.3, 0.4) is 0 Å². The van der Waals surface area contributed by atoms with Crippen LogP contribution >= 0.6 is 0 Å². The number of carbonyl (C=O) groups is 6. The number of carbonyl (C=O) groups excluding carboxylic acids is 6. The molecule has 0 spiro atoms. The zero-order valence-corrected chi connectivity index (χ0v) is 14.4. The number of hydrogen-bond acceptors (Lipinski definition) is 9. The van der Waals surface area contributed by atoms with Crippen molar-refractivity contribution in [3.05, 3.63) is 65.8 Å². The molecule has 0 aliphatic carbocycles. The van der Waals surface area contributed by atoms with Gasteiger partial charge in [0.1, 0.15) is 0 Å². The van der Waals surface area contributed by atoms with Crippen molar-refractivity contribution >= 4 is 41.4 Å². The van der Waals surface area contributed by atoms with Crippen LogP contribution in [0.5, 0.6) is 0 Å². The van der Waals surface area contributed by atoms with Gasteiger partial charge in [-0.3, -0.25) is 0 Å². The van der Waals surface area contributed by atoms with E-state index < -0.39 is 35.8 Å². The normalized spacial score (nSPS) is 16.9. The van der Waals surface area contributed by atoms with Crippen molar-refractivity contribution < 1.29 is 43.0 Å². The summed E-state index contributed by atoms with van der Waals surface area (Å²) in [6, 6.07) is 8.95. The molecule has 3 aliphatic heterocycles. The van der Waals surface area contributed by atoms with Gasteiger partial charge in [0, 0.05) is 29.9 Å². The first-order valence-corrected chi connectivity index (χ1v) is 7.68. The van der Waals surface area contributed by atoms with Gasteiger partial charge in [0.15, 0.2) is 0 Å². The van der Waals surface area contributed by atoms with Crippen LogP contribution in [0, 0.1) is 0 Å². The Hall–Kier alpha value is -4.14. The van der Waals surface area contributed by atoms with Gasteiger partial charge in [-0.25, -0.2) is 28.8 Å². The summed E-state index contributed by atoms with van der Waals surface area (Å²) < 4.78 is 12.4. The molecule has 0 saturated heterocycles. The zero-order chi connectivity index (χ0) is 20.7. The zero-order valence-electron chi connectivity index (χ0n) is 14.4. The molecule has 1 aromatic rings. The van der Waals surface area contributed by atoms with E-state index in [1.165, 1.54) is 19.1 Å². The summed E-state index contributed by atoms with van der Waals surface area (Å²) >= 11 is 0. The smallest absolute Gasteiger partial charge is 0.346 e. The number of benzene rings is 1. The molecule has 0 N–H and O–H groups in total. The van der Waals surface area contributed by atoms with Gasteiger partial charge in [0.05, 0.1) is 5.57 Å². The SMILES string of the molecule is CC1=CC(=O)OC1=O.O=C1C=C(c2ccccc2)C(=O)O1.O=C1C=CC(=O)O1. The number of hydrogen-bond donors (Lipinski definition) is 0. The molecule has 1 aromatic carbocycles. The highest BCUT2D eigenvalue weighted by Crippen LogP contribution is 2.20. The quantitative estimate of drug-likeness (QED) is 0.392. The van der Waals surface area contributed by atoms with Crippen LogP contribution in [-0.2, 0) is 43.0 Å². The van der Waals surface area contributed by atoms with Crippen LogP contribution in [0.2, 0.25) is 0 Å². The molecular formula is C19H12O9. The summed E-state index contributed by atoms with van der Waals surface area (Å²) in [4.78, 5) is 62.1. The predicted molar refractivity (Wildman–Crippen MR) is 90.6 cm³/mol. The van der Waals surface area contributed by atoms with E-state index in [1.807, 2.05) is 6.07 Å². The van der Waals surface area contributed by atoms with Gasteiger partial charge >= 0.3 is 35.8 Å². The number of ether oxygens (including phenoxy) is 3. The number of rotatable bonds is 1. The Labute approximate surface area is 157 Å². The van der Waals surface area contributed by atoms with Crippen LogP contribution in [0.4, 0.5) is 0 Å². The van der Waals surface area contributed by atoms with Crippen molar-refractivity contribution in [3.63, 3.8) is 0 Å². The molecule has 0 amide bonds. The minimum atomic E-state index is -0.594. The molecule has 0 atom stereocenters. The Morgan fingerprint density at radius 1 is 0.607 bits per heavy atom. The third kappa shape index (κ3) is 5.70. The lowest BCUT2D eigenvalue weighted by Crippen LogP contribution is -2.00. The average Bonchev–Trinajstić information content (AvgIpc) is 3.28. The minimum Gasteiger partial charge on any atom is -0.387 e. The highest BCUT2D eigenvalue weighted by atomic mass is 16.6. The second kappa shape index (κ2) is 8.99. The summed E-state index contributed by atoms with van der Waals surface area (Å²) in [5.74, 6) is -3.42. The van der Waals surface area contributed by atoms with Crippen molar-refractivity contribution in [1.82, 2.24) is 0 Å². The Balaban J connectivity index is 0.000000161. The maximum Gasteiger partial charge on any atom is 0.346 e. The first-order chi connectivity index (χ1) is 13.3. The third-order valence-corrected chi connectivity index (χ3v) is 3.17. The highest BCUT2D eigenvalue weighted by Gasteiger charge is 2.24. The van der Waals surface area contributed by atoms with Crippen molar-refractivity contribution in [2.45, 2.75) is 6.92 Å². The molecular weight excluding hydrogens is 372 g/mol. The van der Waals surface area contributed by atoms with Gasteiger partial charge in [0.25, 0.3) is 0 Å². The topological polar surface area (TPSA) is 130 Å². The molecule has 28 heavy (non-hydrogen) atoms. The van der Waals surface area contributed by atoms with E-state index >= 15 is 0 Å².